The highest BCUT2D eigenvalue weighted by Gasteiger charge is 2.00. The molecule has 2 aromatic carbocycles. The zero-order chi connectivity index (χ0) is 15.1. The van der Waals surface area contributed by atoms with Crippen LogP contribution in [0.5, 0.6) is 5.75 Å². The van der Waals surface area contributed by atoms with Crippen LogP contribution < -0.4 is 10.1 Å². The van der Waals surface area contributed by atoms with Crippen molar-refractivity contribution in [2.24, 2.45) is 0 Å². The van der Waals surface area contributed by atoms with Gasteiger partial charge in [0.15, 0.2) is 0 Å². The van der Waals surface area contributed by atoms with E-state index in [-0.39, 0.29) is 5.82 Å². The quantitative estimate of drug-likeness (QED) is 0.787. The van der Waals surface area contributed by atoms with Gasteiger partial charge in [0, 0.05) is 19.3 Å². The minimum Gasteiger partial charge on any atom is -0.491 e. The molecule has 0 radical (unpaired) electrons. The van der Waals surface area contributed by atoms with Gasteiger partial charge in [-0.3, -0.25) is 0 Å². The summed E-state index contributed by atoms with van der Waals surface area (Å²) in [6.45, 7) is 3.54. The van der Waals surface area contributed by atoms with Crippen molar-refractivity contribution in [2.45, 2.75) is 13.5 Å². The summed E-state index contributed by atoms with van der Waals surface area (Å²) in [7, 11) is 1.65. The summed E-state index contributed by atoms with van der Waals surface area (Å²) in [4.78, 5) is 0. The van der Waals surface area contributed by atoms with Gasteiger partial charge in [-0.1, -0.05) is 12.1 Å². The minimum atomic E-state index is -0.170. The van der Waals surface area contributed by atoms with Gasteiger partial charge in [0.1, 0.15) is 18.2 Å². The molecule has 112 valence electrons. The van der Waals surface area contributed by atoms with Crippen molar-refractivity contribution in [1.29, 1.82) is 0 Å². The molecule has 2 aromatic rings. The number of aryl methyl sites for hydroxylation is 1. The summed E-state index contributed by atoms with van der Waals surface area (Å²) in [5, 5.41) is 3.30. The average Bonchev–Trinajstić information content (AvgIpc) is 2.50. The van der Waals surface area contributed by atoms with E-state index >= 15 is 0 Å². The lowest BCUT2D eigenvalue weighted by molar-refractivity contribution is 0.146. The lowest BCUT2D eigenvalue weighted by Gasteiger charge is -2.09. The van der Waals surface area contributed by atoms with Crippen LogP contribution in [-0.4, -0.2) is 20.3 Å². The molecule has 0 saturated carbocycles. The Hall–Kier alpha value is -2.07. The number of benzene rings is 2. The van der Waals surface area contributed by atoms with Crippen LogP contribution in [0.1, 0.15) is 11.1 Å². The van der Waals surface area contributed by atoms with Gasteiger partial charge in [-0.2, -0.15) is 0 Å². The highest BCUT2D eigenvalue weighted by molar-refractivity contribution is 5.47. The Balaban J connectivity index is 1.86. The van der Waals surface area contributed by atoms with Crippen LogP contribution in [0.2, 0.25) is 0 Å². The molecule has 0 amide bonds. The number of methoxy groups -OCH3 is 1. The molecule has 1 N–H and O–H groups in total. The fourth-order valence-electron chi connectivity index (χ4n) is 1.93. The number of anilines is 1. The maximum atomic E-state index is 13.2. The van der Waals surface area contributed by atoms with Gasteiger partial charge in [0.25, 0.3) is 0 Å². The Morgan fingerprint density at radius 3 is 2.48 bits per heavy atom. The number of nitrogens with one attached hydrogen (secondary N) is 1. The van der Waals surface area contributed by atoms with Crippen LogP contribution in [0.4, 0.5) is 10.1 Å². The summed E-state index contributed by atoms with van der Waals surface area (Å²) >= 11 is 0. The van der Waals surface area contributed by atoms with Crippen molar-refractivity contribution in [1.82, 2.24) is 0 Å². The molecule has 0 bridgehead atoms. The monoisotopic (exact) mass is 289 g/mol. The molecule has 21 heavy (non-hydrogen) atoms. The molecule has 0 aliphatic rings. The molecule has 0 unspecified atom stereocenters. The standard InChI is InChI=1S/C17H20FNO2/c1-13-11-14(3-8-17(13)18)12-19-15-4-6-16(7-5-15)21-10-9-20-2/h3-8,11,19H,9-10,12H2,1-2H3. The van der Waals surface area contributed by atoms with Gasteiger partial charge in [-0.05, 0) is 48.4 Å². The normalized spacial score (nSPS) is 10.4. The van der Waals surface area contributed by atoms with Gasteiger partial charge < -0.3 is 14.8 Å². The van der Waals surface area contributed by atoms with E-state index in [4.69, 9.17) is 9.47 Å². The molecular weight excluding hydrogens is 269 g/mol. The van der Waals surface area contributed by atoms with Crippen molar-refractivity contribution in [3.05, 3.63) is 59.4 Å². The first-order chi connectivity index (χ1) is 10.2. The Morgan fingerprint density at radius 2 is 1.81 bits per heavy atom. The fraction of sp³-hybridized carbons (Fsp3) is 0.294. The molecule has 0 aromatic heterocycles. The fourth-order valence-corrected chi connectivity index (χ4v) is 1.93. The van der Waals surface area contributed by atoms with E-state index in [1.807, 2.05) is 30.3 Å². The number of hydrogen-bond donors (Lipinski definition) is 1. The maximum absolute atomic E-state index is 13.2. The Morgan fingerprint density at radius 1 is 1.05 bits per heavy atom. The smallest absolute Gasteiger partial charge is 0.126 e. The molecule has 0 aliphatic carbocycles. The van der Waals surface area contributed by atoms with E-state index in [9.17, 15) is 4.39 Å². The topological polar surface area (TPSA) is 30.5 Å². The van der Waals surface area contributed by atoms with Crippen LogP contribution in [0.3, 0.4) is 0 Å². The molecule has 2 rings (SSSR count). The van der Waals surface area contributed by atoms with Crippen molar-refractivity contribution in [3.63, 3.8) is 0 Å². The van der Waals surface area contributed by atoms with Gasteiger partial charge in [-0.25, -0.2) is 4.39 Å². The summed E-state index contributed by atoms with van der Waals surface area (Å²) in [6, 6.07) is 12.9. The van der Waals surface area contributed by atoms with Crippen molar-refractivity contribution in [3.8, 4) is 5.75 Å². The van der Waals surface area contributed by atoms with Crippen molar-refractivity contribution < 1.29 is 13.9 Å². The van der Waals surface area contributed by atoms with Crippen molar-refractivity contribution in [2.75, 3.05) is 25.6 Å². The third kappa shape index (κ3) is 4.76. The van der Waals surface area contributed by atoms with E-state index in [0.717, 1.165) is 17.0 Å². The number of hydrogen-bond acceptors (Lipinski definition) is 3. The summed E-state index contributed by atoms with van der Waals surface area (Å²) < 4.78 is 23.6. The van der Waals surface area contributed by atoms with Crippen molar-refractivity contribution >= 4 is 5.69 Å². The van der Waals surface area contributed by atoms with Crippen LogP contribution in [0.15, 0.2) is 42.5 Å². The number of ether oxygens (including phenoxy) is 2. The van der Waals surface area contributed by atoms with Crippen LogP contribution in [-0.2, 0) is 11.3 Å². The predicted octanol–water partition coefficient (Wildman–Crippen LogP) is 3.77. The molecule has 0 atom stereocenters. The Bertz CT molecular complexity index is 570. The van der Waals surface area contributed by atoms with Gasteiger partial charge in [0.2, 0.25) is 0 Å². The summed E-state index contributed by atoms with van der Waals surface area (Å²) in [5.74, 6) is 0.645. The predicted molar refractivity (Wildman–Crippen MR) is 82.3 cm³/mol. The van der Waals surface area contributed by atoms with E-state index in [2.05, 4.69) is 5.32 Å². The zero-order valence-electron chi connectivity index (χ0n) is 12.4. The summed E-state index contributed by atoms with van der Waals surface area (Å²) in [6.07, 6.45) is 0. The van der Waals surface area contributed by atoms with Gasteiger partial charge in [-0.15, -0.1) is 0 Å². The third-order valence-corrected chi connectivity index (χ3v) is 3.13. The first-order valence-electron chi connectivity index (χ1n) is 6.90. The van der Waals surface area contributed by atoms with E-state index in [1.54, 1.807) is 20.1 Å². The zero-order valence-corrected chi connectivity index (χ0v) is 12.4. The summed E-state index contributed by atoms with van der Waals surface area (Å²) in [5.41, 5.74) is 2.71. The molecule has 0 spiro atoms. The average molecular weight is 289 g/mol. The van der Waals surface area contributed by atoms with Crippen LogP contribution >= 0.6 is 0 Å². The van der Waals surface area contributed by atoms with E-state index < -0.39 is 0 Å². The van der Waals surface area contributed by atoms with Gasteiger partial charge in [0.05, 0.1) is 6.61 Å². The third-order valence-electron chi connectivity index (χ3n) is 3.13. The number of rotatable bonds is 7. The minimum absolute atomic E-state index is 0.170. The lowest BCUT2D eigenvalue weighted by atomic mass is 10.1. The SMILES string of the molecule is COCCOc1ccc(NCc2ccc(F)c(C)c2)cc1. The largest absolute Gasteiger partial charge is 0.491 e. The van der Waals surface area contributed by atoms with E-state index in [1.165, 1.54) is 6.07 Å². The molecule has 4 heteroatoms. The Kier molecular flexibility index (Phi) is 5.58. The van der Waals surface area contributed by atoms with Gasteiger partial charge >= 0.3 is 0 Å². The first-order valence-corrected chi connectivity index (χ1v) is 6.90. The first kappa shape index (κ1) is 15.3. The van der Waals surface area contributed by atoms with E-state index in [0.29, 0.717) is 25.3 Å². The molecule has 0 aliphatic heterocycles. The molecule has 3 nitrogen and oxygen atoms in total. The highest BCUT2D eigenvalue weighted by atomic mass is 19.1. The molecule has 0 saturated heterocycles. The Labute approximate surface area is 124 Å². The second kappa shape index (κ2) is 7.64. The lowest BCUT2D eigenvalue weighted by Crippen LogP contribution is -2.04. The van der Waals surface area contributed by atoms with Crippen LogP contribution in [0, 0.1) is 12.7 Å². The number of halogens is 1. The molecule has 0 fully saturated rings. The highest BCUT2D eigenvalue weighted by Crippen LogP contribution is 2.17. The van der Waals surface area contributed by atoms with Crippen LogP contribution in [0.25, 0.3) is 0 Å². The second-order valence-corrected chi connectivity index (χ2v) is 4.80. The molecular formula is C17H20FNO2. The molecule has 0 heterocycles. The maximum Gasteiger partial charge on any atom is 0.126 e. The second-order valence-electron chi connectivity index (χ2n) is 4.80.